The Hall–Kier alpha value is -3.64. The molecular formula is C28H23F3N2O. The molecule has 0 radical (unpaired) electrons. The lowest BCUT2D eigenvalue weighted by atomic mass is 10.0. The van der Waals surface area contributed by atoms with Crippen LogP contribution in [0.1, 0.15) is 27.0 Å². The molecule has 6 heteroatoms. The van der Waals surface area contributed by atoms with E-state index in [0.29, 0.717) is 17.7 Å². The first-order chi connectivity index (χ1) is 16.4. The molecule has 3 nitrogen and oxygen atoms in total. The Labute approximate surface area is 195 Å². The van der Waals surface area contributed by atoms with Gasteiger partial charge in [-0.15, -0.1) is 0 Å². The van der Waals surface area contributed by atoms with Crippen molar-refractivity contribution in [2.24, 2.45) is 0 Å². The molecule has 0 unspecified atom stereocenters. The molecule has 1 aliphatic rings. The van der Waals surface area contributed by atoms with E-state index in [1.54, 1.807) is 24.3 Å². The minimum atomic E-state index is -4.36. The zero-order valence-corrected chi connectivity index (χ0v) is 18.4. The van der Waals surface area contributed by atoms with Gasteiger partial charge in [0.05, 0.1) is 5.56 Å². The number of benzene rings is 4. The summed E-state index contributed by atoms with van der Waals surface area (Å²) in [6, 6.07) is 24.4. The molecule has 1 amide bonds. The van der Waals surface area contributed by atoms with Crippen LogP contribution in [-0.4, -0.2) is 23.9 Å². The molecular weight excluding hydrogens is 437 g/mol. The summed E-state index contributed by atoms with van der Waals surface area (Å²) in [6.07, 6.45) is -4.36. The van der Waals surface area contributed by atoms with Crippen LogP contribution in [0.25, 0.3) is 21.9 Å². The summed E-state index contributed by atoms with van der Waals surface area (Å²) in [5.41, 5.74) is 3.56. The summed E-state index contributed by atoms with van der Waals surface area (Å²) >= 11 is 0. The van der Waals surface area contributed by atoms with Crippen molar-refractivity contribution in [3.05, 3.63) is 107 Å². The number of hydrogen-bond donors (Lipinski definition) is 1. The molecule has 1 fully saturated rings. The standard InChI is InChI=1S/C28H23F3N2O/c29-28(30,31)25-11-9-21(10-12-25)20-5-7-22(8-6-20)27(34)32-17-24-3-1-2-23-16-19(4-13-26(23)24)18-33-14-15-33/h1-13,16H,14-15,17-18H2,(H,32,34). The van der Waals surface area contributed by atoms with E-state index in [1.165, 1.54) is 17.7 Å². The molecule has 4 aromatic rings. The number of halogens is 3. The van der Waals surface area contributed by atoms with Gasteiger partial charge >= 0.3 is 6.18 Å². The van der Waals surface area contributed by atoms with Crippen LogP contribution < -0.4 is 5.32 Å². The normalized spacial score (nSPS) is 13.7. The molecule has 4 aromatic carbocycles. The number of hydrogen-bond acceptors (Lipinski definition) is 2. The Balaban J connectivity index is 1.25. The van der Waals surface area contributed by atoms with Crippen molar-refractivity contribution in [2.45, 2.75) is 19.3 Å². The van der Waals surface area contributed by atoms with Crippen LogP contribution in [0.15, 0.2) is 84.9 Å². The maximum Gasteiger partial charge on any atom is 0.416 e. The first-order valence-corrected chi connectivity index (χ1v) is 11.2. The average molecular weight is 460 g/mol. The monoisotopic (exact) mass is 460 g/mol. The Morgan fingerprint density at radius 2 is 1.53 bits per heavy atom. The highest BCUT2D eigenvalue weighted by atomic mass is 19.4. The molecule has 0 bridgehead atoms. The molecule has 0 aromatic heterocycles. The fraction of sp³-hybridized carbons (Fsp3) is 0.179. The second-order valence-corrected chi connectivity index (χ2v) is 8.58. The number of carbonyl (C=O) groups is 1. The topological polar surface area (TPSA) is 32.1 Å². The van der Waals surface area contributed by atoms with Crippen LogP contribution in [-0.2, 0) is 19.3 Å². The lowest BCUT2D eigenvalue weighted by Gasteiger charge is -2.11. The highest BCUT2D eigenvalue weighted by molar-refractivity contribution is 5.95. The maximum absolute atomic E-state index is 12.8. The van der Waals surface area contributed by atoms with Gasteiger partial charge in [-0.25, -0.2) is 0 Å². The number of fused-ring (bicyclic) bond motifs is 1. The zero-order chi connectivity index (χ0) is 23.7. The predicted molar refractivity (Wildman–Crippen MR) is 127 cm³/mol. The quantitative estimate of drug-likeness (QED) is 0.344. The minimum absolute atomic E-state index is 0.200. The van der Waals surface area contributed by atoms with E-state index in [-0.39, 0.29) is 5.91 Å². The van der Waals surface area contributed by atoms with Gasteiger partial charge in [0.2, 0.25) is 0 Å². The van der Waals surface area contributed by atoms with Crippen LogP contribution in [0, 0.1) is 0 Å². The van der Waals surface area contributed by atoms with Crippen molar-refractivity contribution in [3.63, 3.8) is 0 Å². The number of alkyl halides is 3. The van der Waals surface area contributed by atoms with E-state index in [2.05, 4.69) is 34.5 Å². The van der Waals surface area contributed by atoms with Crippen molar-refractivity contribution in [1.82, 2.24) is 10.2 Å². The van der Waals surface area contributed by atoms with Gasteiger partial charge in [-0.05, 0) is 63.4 Å². The summed E-state index contributed by atoms with van der Waals surface area (Å²) in [7, 11) is 0. The minimum Gasteiger partial charge on any atom is -0.348 e. The third kappa shape index (κ3) is 4.97. The summed E-state index contributed by atoms with van der Waals surface area (Å²) in [5.74, 6) is -0.200. The third-order valence-electron chi connectivity index (χ3n) is 6.11. The number of nitrogens with one attached hydrogen (secondary N) is 1. The number of rotatable bonds is 6. The van der Waals surface area contributed by atoms with Gasteiger partial charge in [0.15, 0.2) is 0 Å². The van der Waals surface area contributed by atoms with Crippen LogP contribution in [0.4, 0.5) is 13.2 Å². The lowest BCUT2D eigenvalue weighted by Crippen LogP contribution is -2.22. The van der Waals surface area contributed by atoms with Gasteiger partial charge in [-0.1, -0.05) is 54.6 Å². The summed E-state index contributed by atoms with van der Waals surface area (Å²) in [5, 5.41) is 5.25. The summed E-state index contributed by atoms with van der Waals surface area (Å²) in [6.45, 7) is 3.70. The molecule has 1 N–H and O–H groups in total. The zero-order valence-electron chi connectivity index (χ0n) is 18.4. The molecule has 34 heavy (non-hydrogen) atoms. The fourth-order valence-corrected chi connectivity index (χ4v) is 4.08. The van der Waals surface area contributed by atoms with Gasteiger partial charge < -0.3 is 5.32 Å². The van der Waals surface area contributed by atoms with Crippen LogP contribution in [0.3, 0.4) is 0 Å². The Kier molecular flexibility index (Phi) is 5.84. The van der Waals surface area contributed by atoms with Crippen LogP contribution >= 0.6 is 0 Å². The van der Waals surface area contributed by atoms with E-state index >= 15 is 0 Å². The van der Waals surface area contributed by atoms with Crippen molar-refractivity contribution < 1.29 is 18.0 Å². The number of carbonyl (C=O) groups excluding carboxylic acids is 1. The first kappa shape index (κ1) is 22.2. The second-order valence-electron chi connectivity index (χ2n) is 8.58. The van der Waals surface area contributed by atoms with E-state index in [1.807, 2.05) is 12.1 Å². The highest BCUT2D eigenvalue weighted by Crippen LogP contribution is 2.31. The average Bonchev–Trinajstić information content (AvgIpc) is 3.66. The summed E-state index contributed by atoms with van der Waals surface area (Å²) in [4.78, 5) is 15.1. The maximum atomic E-state index is 12.8. The van der Waals surface area contributed by atoms with E-state index in [9.17, 15) is 18.0 Å². The molecule has 1 aliphatic heterocycles. The van der Waals surface area contributed by atoms with Crippen molar-refractivity contribution in [1.29, 1.82) is 0 Å². The molecule has 0 atom stereocenters. The molecule has 0 spiro atoms. The first-order valence-electron chi connectivity index (χ1n) is 11.2. The van der Waals surface area contributed by atoms with Gasteiger partial charge in [0, 0.05) is 31.7 Å². The van der Waals surface area contributed by atoms with E-state index < -0.39 is 11.7 Å². The highest BCUT2D eigenvalue weighted by Gasteiger charge is 2.30. The predicted octanol–water partition coefficient (Wildman–Crippen LogP) is 6.27. The van der Waals surface area contributed by atoms with Crippen molar-refractivity contribution >= 4 is 16.7 Å². The Bertz CT molecular complexity index is 1320. The van der Waals surface area contributed by atoms with Crippen LogP contribution in [0.5, 0.6) is 0 Å². The van der Waals surface area contributed by atoms with Gasteiger partial charge in [-0.2, -0.15) is 13.2 Å². The van der Waals surface area contributed by atoms with Gasteiger partial charge in [0.1, 0.15) is 0 Å². The fourth-order valence-electron chi connectivity index (χ4n) is 4.08. The Morgan fingerprint density at radius 1 is 0.853 bits per heavy atom. The van der Waals surface area contributed by atoms with Crippen LogP contribution in [0.2, 0.25) is 0 Å². The van der Waals surface area contributed by atoms with Gasteiger partial charge in [-0.3, -0.25) is 9.69 Å². The largest absolute Gasteiger partial charge is 0.416 e. The Morgan fingerprint density at radius 3 is 2.18 bits per heavy atom. The molecule has 1 heterocycles. The molecule has 0 aliphatic carbocycles. The second kappa shape index (κ2) is 8.95. The molecule has 5 rings (SSSR count). The molecule has 1 saturated heterocycles. The number of nitrogens with zero attached hydrogens (tertiary/aromatic N) is 1. The summed E-state index contributed by atoms with van der Waals surface area (Å²) < 4.78 is 38.3. The van der Waals surface area contributed by atoms with Gasteiger partial charge in [0.25, 0.3) is 5.91 Å². The number of amides is 1. The van der Waals surface area contributed by atoms with Crippen molar-refractivity contribution in [3.8, 4) is 11.1 Å². The third-order valence-corrected chi connectivity index (χ3v) is 6.11. The molecule has 172 valence electrons. The van der Waals surface area contributed by atoms with E-state index in [4.69, 9.17) is 0 Å². The lowest BCUT2D eigenvalue weighted by molar-refractivity contribution is -0.137. The molecule has 0 saturated carbocycles. The SMILES string of the molecule is O=C(NCc1cccc2cc(CN3CC3)ccc12)c1ccc(-c2ccc(C(F)(F)F)cc2)cc1. The van der Waals surface area contributed by atoms with E-state index in [0.717, 1.165) is 53.7 Å². The van der Waals surface area contributed by atoms with Crippen molar-refractivity contribution in [2.75, 3.05) is 13.1 Å². The smallest absolute Gasteiger partial charge is 0.348 e.